The number of fused-ring (bicyclic) bond motifs is 1. The third kappa shape index (κ3) is 3.10. The number of nitrogens with one attached hydrogen (secondary N) is 1. The van der Waals surface area contributed by atoms with Crippen molar-refractivity contribution in [3.63, 3.8) is 0 Å². The van der Waals surface area contributed by atoms with E-state index in [1.807, 2.05) is 12.1 Å². The van der Waals surface area contributed by atoms with Crippen LogP contribution in [-0.2, 0) is 0 Å². The number of nitrogens with two attached hydrogens (primary N) is 1. The molecule has 112 valence electrons. The third-order valence-corrected chi connectivity index (χ3v) is 4.40. The molecule has 1 aliphatic heterocycles. The Bertz CT molecular complexity index is 605. The molecule has 1 aromatic carbocycles. The third-order valence-electron chi connectivity index (χ3n) is 4.40. The fourth-order valence-electron chi connectivity index (χ4n) is 3.09. The molecular formula is C17H24N4. The summed E-state index contributed by atoms with van der Waals surface area (Å²) in [6, 6.07) is 8.58. The summed E-state index contributed by atoms with van der Waals surface area (Å²) in [5.74, 6) is 0. The molecule has 0 radical (unpaired) electrons. The van der Waals surface area contributed by atoms with Gasteiger partial charge in [-0.2, -0.15) is 0 Å². The van der Waals surface area contributed by atoms with Crippen molar-refractivity contribution in [3.05, 3.63) is 30.5 Å². The SMILES string of the molecule is CC(CNc1ccc(N)c2ncccc12)N1CCCCC1. The standard InChI is InChI=1S/C17H24N4/c1-13(21-10-3-2-4-11-21)12-20-16-8-7-15(18)17-14(16)6-5-9-19-17/h5-9,13,20H,2-4,10-12,18H2,1H3. The summed E-state index contributed by atoms with van der Waals surface area (Å²) in [4.78, 5) is 6.96. The Kier molecular flexibility index (Phi) is 4.25. The van der Waals surface area contributed by atoms with Crippen LogP contribution in [0.4, 0.5) is 11.4 Å². The van der Waals surface area contributed by atoms with Crippen molar-refractivity contribution < 1.29 is 0 Å². The highest BCUT2D eigenvalue weighted by Gasteiger charge is 2.16. The van der Waals surface area contributed by atoms with Crippen LogP contribution >= 0.6 is 0 Å². The van der Waals surface area contributed by atoms with Crippen molar-refractivity contribution in [2.24, 2.45) is 0 Å². The van der Waals surface area contributed by atoms with Gasteiger partial charge in [0.25, 0.3) is 0 Å². The molecule has 1 fully saturated rings. The van der Waals surface area contributed by atoms with E-state index in [1.165, 1.54) is 32.4 Å². The zero-order chi connectivity index (χ0) is 14.7. The van der Waals surface area contributed by atoms with Gasteiger partial charge in [0.1, 0.15) is 0 Å². The van der Waals surface area contributed by atoms with Crippen LogP contribution < -0.4 is 11.1 Å². The van der Waals surface area contributed by atoms with Gasteiger partial charge in [0.15, 0.2) is 0 Å². The molecule has 1 aromatic heterocycles. The molecular weight excluding hydrogens is 260 g/mol. The summed E-state index contributed by atoms with van der Waals surface area (Å²) in [7, 11) is 0. The van der Waals surface area contributed by atoms with Crippen molar-refractivity contribution in [2.45, 2.75) is 32.2 Å². The summed E-state index contributed by atoms with van der Waals surface area (Å²) in [5.41, 5.74) is 8.74. The lowest BCUT2D eigenvalue weighted by Crippen LogP contribution is -2.41. The van der Waals surface area contributed by atoms with Gasteiger partial charge in [-0.3, -0.25) is 9.88 Å². The molecule has 4 heteroatoms. The highest BCUT2D eigenvalue weighted by Crippen LogP contribution is 2.26. The molecule has 0 saturated carbocycles. The first-order valence-electron chi connectivity index (χ1n) is 7.87. The van der Waals surface area contributed by atoms with E-state index < -0.39 is 0 Å². The molecule has 1 saturated heterocycles. The van der Waals surface area contributed by atoms with Crippen LogP contribution in [0.5, 0.6) is 0 Å². The van der Waals surface area contributed by atoms with Crippen molar-refractivity contribution in [2.75, 3.05) is 30.7 Å². The van der Waals surface area contributed by atoms with Crippen molar-refractivity contribution in [1.82, 2.24) is 9.88 Å². The van der Waals surface area contributed by atoms with E-state index >= 15 is 0 Å². The van der Waals surface area contributed by atoms with Gasteiger partial charge in [0, 0.05) is 29.9 Å². The van der Waals surface area contributed by atoms with Crippen LogP contribution in [0.1, 0.15) is 26.2 Å². The summed E-state index contributed by atoms with van der Waals surface area (Å²) < 4.78 is 0. The summed E-state index contributed by atoms with van der Waals surface area (Å²) in [6.07, 6.45) is 5.84. The minimum absolute atomic E-state index is 0.551. The maximum Gasteiger partial charge on any atom is 0.0951 e. The van der Waals surface area contributed by atoms with Gasteiger partial charge < -0.3 is 11.1 Å². The molecule has 3 N–H and O–H groups in total. The van der Waals surface area contributed by atoms with Gasteiger partial charge in [-0.25, -0.2) is 0 Å². The molecule has 1 unspecified atom stereocenters. The number of likely N-dealkylation sites (tertiary alicyclic amines) is 1. The lowest BCUT2D eigenvalue weighted by Gasteiger charge is -2.32. The first-order chi connectivity index (χ1) is 10.3. The molecule has 0 spiro atoms. The molecule has 1 atom stereocenters. The second kappa shape index (κ2) is 6.31. The van der Waals surface area contributed by atoms with E-state index in [-0.39, 0.29) is 0 Å². The zero-order valence-electron chi connectivity index (χ0n) is 12.7. The number of pyridine rings is 1. The number of nitrogen functional groups attached to an aromatic ring is 1. The Morgan fingerprint density at radius 2 is 2.05 bits per heavy atom. The van der Waals surface area contributed by atoms with E-state index in [1.54, 1.807) is 6.20 Å². The van der Waals surface area contributed by atoms with Crippen LogP contribution in [-0.4, -0.2) is 35.6 Å². The van der Waals surface area contributed by atoms with Crippen molar-refractivity contribution >= 4 is 22.3 Å². The highest BCUT2D eigenvalue weighted by molar-refractivity contribution is 5.98. The number of hydrogen-bond acceptors (Lipinski definition) is 4. The van der Waals surface area contributed by atoms with Gasteiger partial charge in [-0.15, -0.1) is 0 Å². The lowest BCUT2D eigenvalue weighted by molar-refractivity contribution is 0.180. The fourth-order valence-corrected chi connectivity index (χ4v) is 3.09. The number of anilines is 2. The van der Waals surface area contributed by atoms with Crippen LogP contribution in [0.25, 0.3) is 10.9 Å². The Morgan fingerprint density at radius 3 is 2.86 bits per heavy atom. The molecule has 1 aliphatic rings. The van der Waals surface area contributed by atoms with Crippen LogP contribution in [0, 0.1) is 0 Å². The number of benzene rings is 1. The first-order valence-corrected chi connectivity index (χ1v) is 7.87. The summed E-state index contributed by atoms with van der Waals surface area (Å²) >= 11 is 0. The van der Waals surface area contributed by atoms with Crippen LogP contribution in [0.3, 0.4) is 0 Å². The Labute approximate surface area is 126 Å². The largest absolute Gasteiger partial charge is 0.397 e. The molecule has 2 aromatic rings. The predicted octanol–water partition coefficient (Wildman–Crippen LogP) is 3.10. The van der Waals surface area contributed by atoms with Crippen LogP contribution in [0.2, 0.25) is 0 Å². The normalized spacial score (nSPS) is 17.8. The van der Waals surface area contributed by atoms with Crippen molar-refractivity contribution in [3.8, 4) is 0 Å². The average molecular weight is 284 g/mol. The zero-order valence-corrected chi connectivity index (χ0v) is 12.7. The molecule has 2 heterocycles. The van der Waals surface area contributed by atoms with Gasteiger partial charge in [-0.05, 0) is 57.1 Å². The molecule has 0 bridgehead atoms. The summed E-state index contributed by atoms with van der Waals surface area (Å²) in [6.45, 7) is 5.71. The Balaban J connectivity index is 1.72. The predicted molar refractivity (Wildman–Crippen MR) is 89.5 cm³/mol. The summed E-state index contributed by atoms with van der Waals surface area (Å²) in [5, 5.41) is 4.68. The average Bonchev–Trinajstić information content (AvgIpc) is 2.55. The fraction of sp³-hybridized carbons (Fsp3) is 0.471. The Hall–Kier alpha value is -1.81. The number of aromatic nitrogens is 1. The van der Waals surface area contributed by atoms with Gasteiger partial charge in [0.2, 0.25) is 0 Å². The molecule has 0 aliphatic carbocycles. The van der Waals surface area contributed by atoms with Gasteiger partial charge in [-0.1, -0.05) is 6.42 Å². The van der Waals surface area contributed by atoms with E-state index in [0.717, 1.165) is 28.8 Å². The van der Waals surface area contributed by atoms with E-state index in [0.29, 0.717) is 6.04 Å². The van der Waals surface area contributed by atoms with E-state index in [2.05, 4.69) is 34.3 Å². The second-order valence-electron chi connectivity index (χ2n) is 5.93. The lowest BCUT2D eigenvalue weighted by atomic mass is 10.1. The Morgan fingerprint density at radius 1 is 1.24 bits per heavy atom. The minimum Gasteiger partial charge on any atom is -0.397 e. The van der Waals surface area contributed by atoms with E-state index in [9.17, 15) is 0 Å². The number of hydrogen-bond donors (Lipinski definition) is 2. The quantitative estimate of drug-likeness (QED) is 0.847. The van der Waals surface area contributed by atoms with Crippen molar-refractivity contribution in [1.29, 1.82) is 0 Å². The minimum atomic E-state index is 0.551. The highest BCUT2D eigenvalue weighted by atomic mass is 15.2. The molecule has 0 amide bonds. The topological polar surface area (TPSA) is 54.2 Å². The molecule has 21 heavy (non-hydrogen) atoms. The number of rotatable bonds is 4. The monoisotopic (exact) mass is 284 g/mol. The van der Waals surface area contributed by atoms with Gasteiger partial charge in [0.05, 0.1) is 11.2 Å². The maximum atomic E-state index is 6.00. The maximum absolute atomic E-state index is 6.00. The number of nitrogens with zero attached hydrogens (tertiary/aromatic N) is 2. The van der Waals surface area contributed by atoms with Gasteiger partial charge >= 0.3 is 0 Å². The van der Waals surface area contributed by atoms with E-state index in [4.69, 9.17) is 5.73 Å². The smallest absolute Gasteiger partial charge is 0.0951 e. The number of piperidine rings is 1. The van der Waals surface area contributed by atoms with Crippen LogP contribution in [0.15, 0.2) is 30.5 Å². The molecule has 3 rings (SSSR count). The molecule has 4 nitrogen and oxygen atoms in total. The second-order valence-corrected chi connectivity index (χ2v) is 5.93. The first kappa shape index (κ1) is 14.1.